The van der Waals surface area contributed by atoms with Crippen molar-refractivity contribution in [2.45, 2.75) is 51.1 Å². The van der Waals surface area contributed by atoms with Gasteiger partial charge in [-0.1, -0.05) is 45.9 Å². The average molecular weight is 279 g/mol. The molecule has 4 heteroatoms. The summed E-state index contributed by atoms with van der Waals surface area (Å²) < 4.78 is 38.1. The molecule has 0 radical (unpaired) electrons. The molecule has 0 aromatic heterocycles. The Morgan fingerprint density at radius 3 is 1.89 bits per heavy atom. The van der Waals surface area contributed by atoms with E-state index in [2.05, 4.69) is 0 Å². The first-order valence-corrected chi connectivity index (χ1v) is 6.42. The molecule has 0 heterocycles. The van der Waals surface area contributed by atoms with E-state index in [0.29, 0.717) is 5.56 Å². The van der Waals surface area contributed by atoms with Crippen LogP contribution >= 0.6 is 11.6 Å². The highest BCUT2D eigenvalue weighted by atomic mass is 35.5. The van der Waals surface area contributed by atoms with Gasteiger partial charge in [-0.15, -0.1) is 11.6 Å². The predicted octanol–water partition coefficient (Wildman–Crippen LogP) is 5.78. The van der Waals surface area contributed by atoms with Crippen molar-refractivity contribution in [3.8, 4) is 0 Å². The molecule has 0 amide bonds. The molecule has 1 aromatic carbocycles. The highest BCUT2D eigenvalue weighted by Crippen LogP contribution is 2.41. The summed E-state index contributed by atoms with van der Waals surface area (Å²) in [4.78, 5) is 0. The van der Waals surface area contributed by atoms with E-state index in [9.17, 15) is 13.2 Å². The second-order valence-corrected chi connectivity index (χ2v) is 5.54. The van der Waals surface area contributed by atoms with Gasteiger partial charge in [0.25, 0.3) is 0 Å². The molecule has 0 saturated carbocycles. The minimum atomic E-state index is -4.41. The molecule has 18 heavy (non-hydrogen) atoms. The summed E-state index contributed by atoms with van der Waals surface area (Å²) in [5, 5.41) is -1.93. The maximum Gasteiger partial charge on any atom is 0.408 e. The smallest absolute Gasteiger partial charge is 0.169 e. The monoisotopic (exact) mass is 278 g/mol. The normalized spacial score (nSPS) is 14.3. The Morgan fingerprint density at radius 2 is 1.50 bits per heavy atom. The van der Waals surface area contributed by atoms with Gasteiger partial charge in [0, 0.05) is 0 Å². The van der Waals surface area contributed by atoms with Crippen LogP contribution in [-0.2, 0) is 0 Å². The third-order valence-corrected chi connectivity index (χ3v) is 3.44. The molecule has 0 N–H and O–H groups in total. The highest BCUT2D eigenvalue weighted by molar-refractivity contribution is 6.21. The lowest BCUT2D eigenvalue weighted by molar-refractivity contribution is -0.131. The first kappa shape index (κ1) is 15.4. The Labute approximate surface area is 111 Å². The van der Waals surface area contributed by atoms with E-state index in [1.165, 1.54) is 6.07 Å². The summed E-state index contributed by atoms with van der Waals surface area (Å²) in [7, 11) is 0. The van der Waals surface area contributed by atoms with E-state index >= 15 is 0 Å². The Bertz CT molecular complexity index is 408. The molecule has 1 unspecified atom stereocenters. The van der Waals surface area contributed by atoms with Crippen molar-refractivity contribution in [2.75, 3.05) is 0 Å². The fraction of sp³-hybridized carbons (Fsp3) is 0.571. The van der Waals surface area contributed by atoms with Gasteiger partial charge in [-0.3, -0.25) is 0 Å². The van der Waals surface area contributed by atoms with Gasteiger partial charge in [0.2, 0.25) is 0 Å². The van der Waals surface area contributed by atoms with Gasteiger partial charge >= 0.3 is 6.18 Å². The van der Waals surface area contributed by atoms with Crippen LogP contribution < -0.4 is 0 Å². The molecule has 0 bridgehead atoms. The molecule has 102 valence electrons. The van der Waals surface area contributed by atoms with Crippen LogP contribution in [0.25, 0.3) is 0 Å². The predicted molar refractivity (Wildman–Crippen MR) is 69.3 cm³/mol. The molecular weight excluding hydrogens is 261 g/mol. The quantitative estimate of drug-likeness (QED) is 0.615. The molecule has 0 spiro atoms. The van der Waals surface area contributed by atoms with Crippen molar-refractivity contribution >= 4 is 11.6 Å². The van der Waals surface area contributed by atoms with Crippen LogP contribution in [0.4, 0.5) is 13.2 Å². The van der Waals surface area contributed by atoms with E-state index in [4.69, 9.17) is 11.6 Å². The zero-order valence-electron chi connectivity index (χ0n) is 11.0. The first-order valence-electron chi connectivity index (χ1n) is 5.99. The van der Waals surface area contributed by atoms with Crippen LogP contribution in [-0.4, -0.2) is 6.18 Å². The van der Waals surface area contributed by atoms with Crippen LogP contribution in [0.3, 0.4) is 0 Å². The summed E-state index contributed by atoms with van der Waals surface area (Å²) >= 11 is 5.54. The van der Waals surface area contributed by atoms with Crippen LogP contribution in [0.2, 0.25) is 0 Å². The number of halogens is 4. The average Bonchev–Trinajstić information content (AvgIpc) is 2.25. The van der Waals surface area contributed by atoms with Gasteiger partial charge < -0.3 is 0 Å². The van der Waals surface area contributed by atoms with Crippen LogP contribution in [0.15, 0.2) is 18.2 Å². The molecule has 1 rings (SSSR count). The van der Waals surface area contributed by atoms with Crippen molar-refractivity contribution < 1.29 is 13.2 Å². The molecule has 0 aliphatic heterocycles. The van der Waals surface area contributed by atoms with Crippen molar-refractivity contribution in [1.82, 2.24) is 0 Å². The van der Waals surface area contributed by atoms with E-state index < -0.39 is 11.6 Å². The van der Waals surface area contributed by atoms with Crippen LogP contribution in [0, 0.1) is 0 Å². The van der Waals surface area contributed by atoms with Crippen LogP contribution in [0.1, 0.15) is 61.6 Å². The SMILES string of the molecule is CC(C)c1ccc(C(Cl)C(F)(F)F)c(C(C)C)c1. The summed E-state index contributed by atoms with van der Waals surface area (Å²) in [5.74, 6) is 0.304. The van der Waals surface area contributed by atoms with E-state index in [1.807, 2.05) is 33.8 Å². The van der Waals surface area contributed by atoms with E-state index in [1.54, 1.807) is 6.07 Å². The molecule has 1 atom stereocenters. The Balaban J connectivity index is 3.28. The van der Waals surface area contributed by atoms with Crippen molar-refractivity contribution in [1.29, 1.82) is 0 Å². The summed E-state index contributed by atoms with van der Waals surface area (Å²) in [6.45, 7) is 7.79. The molecule has 0 aliphatic carbocycles. The molecular formula is C14H18ClF3. The van der Waals surface area contributed by atoms with Crippen LogP contribution in [0.5, 0.6) is 0 Å². The van der Waals surface area contributed by atoms with E-state index in [0.717, 1.165) is 5.56 Å². The molecule has 1 aromatic rings. The fourth-order valence-corrected chi connectivity index (χ4v) is 2.06. The van der Waals surface area contributed by atoms with Gasteiger partial charge in [-0.05, 0) is 28.5 Å². The molecule has 0 nitrogen and oxygen atoms in total. The molecule has 0 saturated heterocycles. The lowest BCUT2D eigenvalue weighted by Gasteiger charge is -2.21. The highest BCUT2D eigenvalue weighted by Gasteiger charge is 2.40. The lowest BCUT2D eigenvalue weighted by atomic mass is 9.90. The fourth-order valence-electron chi connectivity index (χ4n) is 1.86. The number of hydrogen-bond donors (Lipinski definition) is 0. The van der Waals surface area contributed by atoms with Crippen molar-refractivity contribution in [3.63, 3.8) is 0 Å². The minimum Gasteiger partial charge on any atom is -0.169 e. The largest absolute Gasteiger partial charge is 0.408 e. The van der Waals surface area contributed by atoms with Gasteiger partial charge in [-0.25, -0.2) is 0 Å². The molecule has 0 fully saturated rings. The van der Waals surface area contributed by atoms with E-state index in [-0.39, 0.29) is 17.4 Å². The van der Waals surface area contributed by atoms with Gasteiger partial charge in [0.15, 0.2) is 5.38 Å². The topological polar surface area (TPSA) is 0 Å². The maximum atomic E-state index is 12.7. The maximum absolute atomic E-state index is 12.7. The Kier molecular flexibility index (Phi) is 4.71. The first-order chi connectivity index (χ1) is 8.14. The third-order valence-electron chi connectivity index (χ3n) is 2.96. The second kappa shape index (κ2) is 5.52. The Hall–Kier alpha value is -0.700. The molecule has 0 aliphatic rings. The minimum absolute atomic E-state index is 0.0160. The second-order valence-electron chi connectivity index (χ2n) is 5.10. The zero-order valence-corrected chi connectivity index (χ0v) is 11.7. The van der Waals surface area contributed by atoms with Crippen molar-refractivity contribution in [2.24, 2.45) is 0 Å². The standard InChI is InChI=1S/C14H18ClF3/c1-8(2)10-5-6-11(12(7-10)9(3)4)13(15)14(16,17)18/h5-9,13H,1-4H3. The van der Waals surface area contributed by atoms with Gasteiger partial charge in [-0.2, -0.15) is 13.2 Å². The number of alkyl halides is 4. The summed E-state index contributed by atoms with van der Waals surface area (Å²) in [6, 6.07) is 5.08. The number of benzene rings is 1. The number of hydrogen-bond acceptors (Lipinski definition) is 0. The third kappa shape index (κ3) is 3.41. The van der Waals surface area contributed by atoms with Gasteiger partial charge in [0.1, 0.15) is 0 Å². The zero-order chi connectivity index (χ0) is 14.1. The Morgan fingerprint density at radius 1 is 0.944 bits per heavy atom. The summed E-state index contributed by atoms with van der Waals surface area (Å²) in [6.07, 6.45) is -4.41. The van der Waals surface area contributed by atoms with Gasteiger partial charge in [0.05, 0.1) is 0 Å². The van der Waals surface area contributed by atoms with Crippen molar-refractivity contribution in [3.05, 3.63) is 34.9 Å². The summed E-state index contributed by atoms with van der Waals surface area (Å²) in [5.41, 5.74) is 1.88. The lowest BCUT2D eigenvalue weighted by Crippen LogP contribution is -2.17. The number of rotatable bonds is 3.